The molecule has 2 heterocycles. The number of hydrogen-bond donors (Lipinski definition) is 0. The van der Waals surface area contributed by atoms with E-state index in [0.29, 0.717) is 42.9 Å². The lowest BCUT2D eigenvalue weighted by atomic mass is 10.2. The van der Waals surface area contributed by atoms with Crippen molar-refractivity contribution >= 4 is 22.6 Å². The summed E-state index contributed by atoms with van der Waals surface area (Å²) in [5, 5.41) is 0. The summed E-state index contributed by atoms with van der Waals surface area (Å²) in [4.78, 5) is 41.1. The summed E-state index contributed by atoms with van der Waals surface area (Å²) in [5.74, 6) is -0.353. The average Bonchev–Trinajstić information content (AvgIpc) is 2.78. The number of aromatic nitrogens is 2. The van der Waals surface area contributed by atoms with Crippen molar-refractivity contribution in [1.82, 2.24) is 14.0 Å². The maximum Gasteiger partial charge on any atom is 0.316 e. The molecule has 1 aliphatic rings. The second kappa shape index (κ2) is 8.14. The second-order valence-corrected chi connectivity index (χ2v) is 7.38. The lowest BCUT2D eigenvalue weighted by molar-refractivity contribution is -0.131. The van der Waals surface area contributed by atoms with E-state index in [1.54, 1.807) is 54.4 Å². The van der Waals surface area contributed by atoms with Crippen LogP contribution < -0.4 is 16.0 Å². The number of halogens is 1. The lowest BCUT2D eigenvalue weighted by Gasteiger charge is -2.36. The van der Waals surface area contributed by atoms with Gasteiger partial charge in [0.05, 0.1) is 16.7 Å². The standard InChI is InChI=1S/C22H23FN4O3/c1-24-18-8-4-5-9-19(18)27(22(30)21(24)29)11-10-20(28)26-14-12-25(13-15-26)17-7-3-2-6-16(17)23/h2-9H,10-15H2,1H3. The summed E-state index contributed by atoms with van der Waals surface area (Å²) >= 11 is 0. The van der Waals surface area contributed by atoms with Gasteiger partial charge in [-0.3, -0.25) is 14.4 Å². The Kier molecular flexibility index (Phi) is 5.39. The fraction of sp³-hybridized carbons (Fsp3) is 0.318. The van der Waals surface area contributed by atoms with Gasteiger partial charge in [0.25, 0.3) is 0 Å². The number of benzene rings is 2. The predicted octanol–water partition coefficient (Wildman–Crippen LogP) is 1.58. The third-order valence-corrected chi connectivity index (χ3v) is 5.64. The number of aryl methyl sites for hydroxylation is 2. The van der Waals surface area contributed by atoms with E-state index >= 15 is 0 Å². The molecule has 0 atom stereocenters. The van der Waals surface area contributed by atoms with Gasteiger partial charge >= 0.3 is 11.1 Å². The molecule has 1 fully saturated rings. The van der Waals surface area contributed by atoms with Crippen LogP contribution in [0.2, 0.25) is 0 Å². The molecule has 1 saturated heterocycles. The van der Waals surface area contributed by atoms with E-state index < -0.39 is 11.1 Å². The van der Waals surface area contributed by atoms with Gasteiger partial charge in [-0.05, 0) is 24.3 Å². The number of rotatable bonds is 4. The number of amides is 1. The van der Waals surface area contributed by atoms with Crippen molar-refractivity contribution in [2.45, 2.75) is 13.0 Å². The van der Waals surface area contributed by atoms with Crippen molar-refractivity contribution in [2.24, 2.45) is 7.05 Å². The Morgan fingerprint density at radius 1 is 0.900 bits per heavy atom. The fourth-order valence-corrected chi connectivity index (χ4v) is 3.95. The molecule has 0 aliphatic carbocycles. The van der Waals surface area contributed by atoms with Gasteiger partial charge in [0, 0.05) is 46.2 Å². The highest BCUT2D eigenvalue weighted by atomic mass is 19.1. The molecule has 4 rings (SSSR count). The zero-order valence-electron chi connectivity index (χ0n) is 16.8. The van der Waals surface area contributed by atoms with Crippen LogP contribution in [-0.2, 0) is 18.4 Å². The molecule has 1 aliphatic heterocycles. The van der Waals surface area contributed by atoms with E-state index in [0.717, 1.165) is 0 Å². The molecule has 1 aromatic heterocycles. The first kappa shape index (κ1) is 19.9. The average molecular weight is 410 g/mol. The maximum absolute atomic E-state index is 14.0. The molecule has 8 heteroatoms. The van der Waals surface area contributed by atoms with Crippen molar-refractivity contribution in [3.8, 4) is 0 Å². The molecular formula is C22H23FN4O3. The van der Waals surface area contributed by atoms with Gasteiger partial charge in [-0.25, -0.2) is 4.39 Å². The van der Waals surface area contributed by atoms with Gasteiger partial charge in [0.15, 0.2) is 0 Å². The molecule has 2 aromatic carbocycles. The van der Waals surface area contributed by atoms with E-state index in [1.807, 2.05) is 4.90 Å². The van der Waals surface area contributed by atoms with E-state index in [9.17, 15) is 18.8 Å². The van der Waals surface area contributed by atoms with Crippen LogP contribution in [0.4, 0.5) is 10.1 Å². The SMILES string of the molecule is Cn1c(=O)c(=O)n(CCC(=O)N2CCN(c3ccccc3F)CC2)c2ccccc21. The van der Waals surface area contributed by atoms with Gasteiger partial charge in [-0.2, -0.15) is 0 Å². The Morgan fingerprint density at radius 3 is 2.23 bits per heavy atom. The molecule has 0 unspecified atom stereocenters. The summed E-state index contributed by atoms with van der Waals surface area (Å²) < 4.78 is 16.7. The molecule has 0 spiro atoms. The fourth-order valence-electron chi connectivity index (χ4n) is 3.95. The largest absolute Gasteiger partial charge is 0.366 e. The number of carbonyl (C=O) groups is 1. The normalized spacial score (nSPS) is 14.3. The summed E-state index contributed by atoms with van der Waals surface area (Å²) in [6.07, 6.45) is 0.122. The zero-order valence-corrected chi connectivity index (χ0v) is 16.8. The molecule has 0 bridgehead atoms. The third kappa shape index (κ3) is 3.60. The van der Waals surface area contributed by atoms with Crippen molar-refractivity contribution in [3.05, 3.63) is 75.1 Å². The van der Waals surface area contributed by atoms with Crippen LogP contribution in [-0.4, -0.2) is 46.1 Å². The summed E-state index contributed by atoms with van der Waals surface area (Å²) in [5.41, 5.74) is 0.575. The molecule has 1 amide bonds. The van der Waals surface area contributed by atoms with Crippen molar-refractivity contribution in [3.63, 3.8) is 0 Å². The van der Waals surface area contributed by atoms with E-state index in [1.165, 1.54) is 15.2 Å². The van der Waals surface area contributed by atoms with E-state index in [2.05, 4.69) is 0 Å². The minimum Gasteiger partial charge on any atom is -0.366 e. The van der Waals surface area contributed by atoms with Crippen LogP contribution in [0.1, 0.15) is 6.42 Å². The van der Waals surface area contributed by atoms with Crippen LogP contribution in [0.5, 0.6) is 0 Å². The highest BCUT2D eigenvalue weighted by molar-refractivity contribution is 5.78. The number of hydrogen-bond acceptors (Lipinski definition) is 4. The van der Waals surface area contributed by atoms with Crippen molar-refractivity contribution in [1.29, 1.82) is 0 Å². The monoisotopic (exact) mass is 410 g/mol. The second-order valence-electron chi connectivity index (χ2n) is 7.38. The first-order valence-electron chi connectivity index (χ1n) is 9.93. The maximum atomic E-state index is 14.0. The molecule has 0 radical (unpaired) electrons. The minimum atomic E-state index is -0.631. The topological polar surface area (TPSA) is 67.5 Å². The molecule has 156 valence electrons. The Morgan fingerprint density at radius 2 is 1.53 bits per heavy atom. The van der Waals surface area contributed by atoms with Gasteiger partial charge in [-0.1, -0.05) is 24.3 Å². The molecule has 0 saturated carbocycles. The minimum absolute atomic E-state index is 0.0835. The smallest absolute Gasteiger partial charge is 0.316 e. The van der Waals surface area contributed by atoms with E-state index in [-0.39, 0.29) is 24.7 Å². The van der Waals surface area contributed by atoms with E-state index in [4.69, 9.17) is 0 Å². The summed E-state index contributed by atoms with van der Waals surface area (Å²) in [6.45, 7) is 2.20. The molecule has 30 heavy (non-hydrogen) atoms. The number of carbonyl (C=O) groups excluding carboxylic acids is 1. The third-order valence-electron chi connectivity index (χ3n) is 5.64. The van der Waals surface area contributed by atoms with Gasteiger partial charge in [-0.15, -0.1) is 0 Å². The Hall–Kier alpha value is -3.42. The van der Waals surface area contributed by atoms with Gasteiger partial charge in [0.1, 0.15) is 5.82 Å². The molecular weight excluding hydrogens is 387 g/mol. The van der Waals surface area contributed by atoms with Gasteiger partial charge in [0.2, 0.25) is 5.91 Å². The highest BCUT2D eigenvalue weighted by Crippen LogP contribution is 2.20. The molecule has 0 N–H and O–H groups in total. The van der Waals surface area contributed by atoms with Crippen LogP contribution in [0, 0.1) is 5.82 Å². The molecule has 7 nitrogen and oxygen atoms in total. The van der Waals surface area contributed by atoms with Crippen LogP contribution in [0.3, 0.4) is 0 Å². The van der Waals surface area contributed by atoms with Gasteiger partial charge < -0.3 is 18.9 Å². The Balaban J connectivity index is 1.45. The number of para-hydroxylation sites is 3. The van der Waals surface area contributed by atoms with Crippen LogP contribution >= 0.6 is 0 Å². The Labute approximate surface area is 172 Å². The van der Waals surface area contributed by atoms with Crippen LogP contribution in [0.15, 0.2) is 58.1 Å². The number of anilines is 1. The quantitative estimate of drug-likeness (QED) is 0.613. The number of fused-ring (bicyclic) bond motifs is 1. The first-order valence-corrected chi connectivity index (χ1v) is 9.93. The lowest BCUT2D eigenvalue weighted by Crippen LogP contribution is -2.49. The zero-order chi connectivity index (χ0) is 21.3. The number of nitrogens with zero attached hydrogens (tertiary/aromatic N) is 4. The number of piperazine rings is 1. The van der Waals surface area contributed by atoms with Crippen molar-refractivity contribution in [2.75, 3.05) is 31.1 Å². The summed E-state index contributed by atoms with van der Waals surface area (Å²) in [6, 6.07) is 13.8. The van der Waals surface area contributed by atoms with Crippen LogP contribution in [0.25, 0.3) is 11.0 Å². The first-order chi connectivity index (χ1) is 14.5. The predicted molar refractivity (Wildman–Crippen MR) is 113 cm³/mol. The summed E-state index contributed by atoms with van der Waals surface area (Å²) in [7, 11) is 1.57. The van der Waals surface area contributed by atoms with Crippen molar-refractivity contribution < 1.29 is 9.18 Å². The Bertz CT molecular complexity index is 1210. The molecule has 3 aromatic rings. The highest BCUT2D eigenvalue weighted by Gasteiger charge is 2.23.